The van der Waals surface area contributed by atoms with E-state index < -0.39 is 4.92 Å². The summed E-state index contributed by atoms with van der Waals surface area (Å²) in [7, 11) is 0. The summed E-state index contributed by atoms with van der Waals surface area (Å²) in [4.78, 5) is 28.4. The van der Waals surface area contributed by atoms with Crippen LogP contribution in [0.3, 0.4) is 0 Å². The molecule has 0 amide bonds. The molecule has 0 unspecified atom stereocenters. The monoisotopic (exact) mass is 544 g/mol. The molecule has 0 saturated heterocycles. The summed E-state index contributed by atoms with van der Waals surface area (Å²) in [5.41, 5.74) is 10.3. The van der Waals surface area contributed by atoms with Crippen LogP contribution in [0, 0.1) is 17.0 Å². The van der Waals surface area contributed by atoms with E-state index in [4.69, 9.17) is 4.98 Å². The second kappa shape index (κ2) is 10.6. The molecule has 0 bridgehead atoms. The lowest BCUT2D eigenvalue weighted by atomic mass is 9.96. The van der Waals surface area contributed by atoms with E-state index in [1.165, 1.54) is 6.20 Å². The Morgan fingerprint density at radius 1 is 0.900 bits per heavy atom. The summed E-state index contributed by atoms with van der Waals surface area (Å²) in [6.07, 6.45) is 4.68. The van der Waals surface area contributed by atoms with E-state index >= 15 is 0 Å². The van der Waals surface area contributed by atoms with Gasteiger partial charge in [-0.3, -0.25) is 15.1 Å². The Bertz CT molecular complexity index is 1870. The van der Waals surface area contributed by atoms with E-state index in [-0.39, 0.29) is 11.7 Å². The van der Waals surface area contributed by atoms with Crippen LogP contribution < -0.4 is 5.32 Å². The number of aryl methyl sites for hydroxylation is 1. The third-order valence-electron chi connectivity index (χ3n) is 6.77. The fourth-order valence-corrected chi connectivity index (χ4v) is 5.48. The normalized spacial score (nSPS) is 11.8. The number of anilines is 1. The summed E-state index contributed by atoms with van der Waals surface area (Å²) < 4.78 is 1.12. The zero-order valence-corrected chi connectivity index (χ0v) is 22.6. The van der Waals surface area contributed by atoms with Crippen molar-refractivity contribution in [3.05, 3.63) is 118 Å². The minimum atomic E-state index is -0.429. The number of nitrogens with zero attached hydrogens (tertiary/aromatic N) is 5. The predicted octanol–water partition coefficient (Wildman–Crippen LogP) is 7.87. The number of nitro groups is 1. The van der Waals surface area contributed by atoms with Gasteiger partial charge in [0.1, 0.15) is 12.0 Å². The van der Waals surface area contributed by atoms with Gasteiger partial charge in [0.05, 0.1) is 32.0 Å². The SMILES string of the molecule is Cc1nccc(-c2cccc(-c3ccc4ncsc4c3)c2N[C@@H](C)c2cccc(-c3cncc([N+](=O)[O-])c3)c2)n1. The van der Waals surface area contributed by atoms with Crippen molar-refractivity contribution >= 4 is 32.9 Å². The summed E-state index contributed by atoms with van der Waals surface area (Å²) >= 11 is 1.62. The molecule has 1 atom stereocenters. The molecule has 0 aliphatic carbocycles. The second-order valence-corrected chi connectivity index (χ2v) is 10.3. The molecular weight excluding hydrogens is 520 g/mol. The number of thiazole rings is 1. The number of hydrogen-bond donors (Lipinski definition) is 1. The van der Waals surface area contributed by atoms with Gasteiger partial charge in [-0.25, -0.2) is 15.0 Å². The first-order valence-corrected chi connectivity index (χ1v) is 13.6. The number of para-hydroxylation sites is 1. The third kappa shape index (κ3) is 5.02. The summed E-state index contributed by atoms with van der Waals surface area (Å²) in [6.45, 7) is 3.98. The molecular formula is C31H24N6O2S. The Morgan fingerprint density at radius 2 is 1.75 bits per heavy atom. The molecule has 0 spiro atoms. The Kier molecular flexibility index (Phi) is 6.71. The average molecular weight is 545 g/mol. The molecule has 0 radical (unpaired) electrons. The van der Waals surface area contributed by atoms with Crippen molar-refractivity contribution in [2.24, 2.45) is 0 Å². The molecule has 3 aromatic carbocycles. The number of nitrogens with one attached hydrogen (secondary N) is 1. The van der Waals surface area contributed by atoms with Crippen molar-refractivity contribution in [3.63, 3.8) is 0 Å². The van der Waals surface area contributed by atoms with Gasteiger partial charge in [0.15, 0.2) is 0 Å². The number of aromatic nitrogens is 4. The Balaban J connectivity index is 1.43. The molecule has 0 aliphatic rings. The van der Waals surface area contributed by atoms with E-state index in [2.05, 4.69) is 51.5 Å². The molecule has 3 aromatic heterocycles. The maximum atomic E-state index is 11.3. The van der Waals surface area contributed by atoms with Crippen LogP contribution >= 0.6 is 11.3 Å². The van der Waals surface area contributed by atoms with Gasteiger partial charge in [-0.15, -0.1) is 11.3 Å². The Hall–Kier alpha value is -5.02. The highest BCUT2D eigenvalue weighted by atomic mass is 32.1. The standard InChI is InChI=1S/C31H24N6O2S/c1-19(21-5-3-6-22(13-21)24-14-25(37(38)39)17-32-16-24)35-31-26(23-9-10-29-30(15-23)40-18-34-29)7-4-8-27(31)28-11-12-33-20(2)36-28/h3-19,35H,1-2H3/t19-/m0/s1. The van der Waals surface area contributed by atoms with Crippen LogP contribution in [-0.2, 0) is 0 Å². The maximum absolute atomic E-state index is 11.3. The fraction of sp³-hybridized carbons (Fsp3) is 0.0968. The summed E-state index contributed by atoms with van der Waals surface area (Å²) in [6, 6.07) is 23.9. The maximum Gasteiger partial charge on any atom is 0.288 e. The van der Waals surface area contributed by atoms with Crippen LogP contribution in [0.2, 0.25) is 0 Å². The van der Waals surface area contributed by atoms with Crippen molar-refractivity contribution in [1.29, 1.82) is 0 Å². The number of pyridine rings is 1. The van der Waals surface area contributed by atoms with Crippen LogP contribution in [0.1, 0.15) is 24.4 Å². The van der Waals surface area contributed by atoms with Gasteiger partial charge in [0.2, 0.25) is 0 Å². The lowest BCUT2D eigenvalue weighted by molar-refractivity contribution is -0.385. The first-order valence-electron chi connectivity index (χ1n) is 12.7. The van der Waals surface area contributed by atoms with Crippen molar-refractivity contribution in [3.8, 4) is 33.5 Å². The molecule has 1 N–H and O–H groups in total. The zero-order valence-electron chi connectivity index (χ0n) is 21.8. The first kappa shape index (κ1) is 25.3. The smallest absolute Gasteiger partial charge is 0.288 e. The van der Waals surface area contributed by atoms with Gasteiger partial charge in [-0.05, 0) is 54.8 Å². The predicted molar refractivity (Wildman–Crippen MR) is 159 cm³/mol. The number of benzene rings is 3. The lowest BCUT2D eigenvalue weighted by Gasteiger charge is -2.22. The summed E-state index contributed by atoms with van der Waals surface area (Å²) in [5, 5.41) is 15.0. The van der Waals surface area contributed by atoms with E-state index in [0.717, 1.165) is 49.4 Å². The Labute approximate surface area is 234 Å². The molecule has 0 fully saturated rings. The van der Waals surface area contributed by atoms with Gasteiger partial charge in [-0.2, -0.15) is 0 Å². The van der Waals surface area contributed by atoms with E-state index in [1.807, 2.05) is 54.9 Å². The molecule has 9 heteroatoms. The molecule has 0 aliphatic heterocycles. The van der Waals surface area contributed by atoms with Gasteiger partial charge >= 0.3 is 0 Å². The van der Waals surface area contributed by atoms with Crippen LogP contribution in [0.4, 0.5) is 11.4 Å². The highest BCUT2D eigenvalue weighted by molar-refractivity contribution is 7.16. The lowest BCUT2D eigenvalue weighted by Crippen LogP contribution is -2.09. The quantitative estimate of drug-likeness (QED) is 0.161. The number of rotatable bonds is 7. The number of hydrogen-bond acceptors (Lipinski definition) is 8. The van der Waals surface area contributed by atoms with Gasteiger partial charge in [0, 0.05) is 41.2 Å². The molecule has 40 heavy (non-hydrogen) atoms. The zero-order chi connectivity index (χ0) is 27.6. The minimum absolute atomic E-state index is 0.0364. The van der Waals surface area contributed by atoms with E-state index in [0.29, 0.717) is 11.4 Å². The largest absolute Gasteiger partial charge is 0.377 e. The van der Waals surface area contributed by atoms with Gasteiger partial charge in [-0.1, -0.05) is 42.5 Å². The number of fused-ring (bicyclic) bond motifs is 1. The molecule has 3 heterocycles. The van der Waals surface area contributed by atoms with Crippen LogP contribution in [0.15, 0.2) is 96.9 Å². The summed E-state index contributed by atoms with van der Waals surface area (Å²) in [5.74, 6) is 0.700. The van der Waals surface area contributed by atoms with Crippen molar-refractivity contribution < 1.29 is 4.92 Å². The van der Waals surface area contributed by atoms with E-state index in [9.17, 15) is 10.1 Å². The minimum Gasteiger partial charge on any atom is -0.377 e. The van der Waals surface area contributed by atoms with Crippen molar-refractivity contribution in [2.45, 2.75) is 19.9 Å². The highest BCUT2D eigenvalue weighted by Crippen LogP contribution is 2.40. The fourth-order valence-electron chi connectivity index (χ4n) is 4.76. The Morgan fingerprint density at radius 3 is 2.60 bits per heavy atom. The third-order valence-corrected chi connectivity index (χ3v) is 7.57. The average Bonchev–Trinajstić information content (AvgIpc) is 3.45. The molecule has 0 saturated carbocycles. The van der Waals surface area contributed by atoms with Crippen LogP contribution in [0.25, 0.3) is 43.7 Å². The first-order chi connectivity index (χ1) is 19.5. The van der Waals surface area contributed by atoms with Crippen molar-refractivity contribution in [2.75, 3.05) is 5.32 Å². The molecule has 196 valence electrons. The highest BCUT2D eigenvalue weighted by Gasteiger charge is 2.18. The molecule has 8 nitrogen and oxygen atoms in total. The van der Waals surface area contributed by atoms with Crippen molar-refractivity contribution in [1.82, 2.24) is 19.9 Å². The van der Waals surface area contributed by atoms with Crippen LogP contribution in [-0.4, -0.2) is 24.9 Å². The second-order valence-electron chi connectivity index (χ2n) is 9.43. The van der Waals surface area contributed by atoms with Gasteiger partial charge in [0.25, 0.3) is 5.69 Å². The topological polar surface area (TPSA) is 107 Å². The molecule has 6 rings (SSSR count). The van der Waals surface area contributed by atoms with Gasteiger partial charge < -0.3 is 5.32 Å². The van der Waals surface area contributed by atoms with Crippen LogP contribution in [0.5, 0.6) is 0 Å². The molecule has 6 aromatic rings. The van der Waals surface area contributed by atoms with E-state index in [1.54, 1.807) is 29.8 Å².